The summed E-state index contributed by atoms with van der Waals surface area (Å²) in [5.41, 5.74) is 1.24. The predicted molar refractivity (Wildman–Crippen MR) is 83.9 cm³/mol. The van der Waals surface area contributed by atoms with Crippen molar-refractivity contribution in [1.29, 1.82) is 0 Å². The van der Waals surface area contributed by atoms with Gasteiger partial charge in [0.05, 0.1) is 13.2 Å². The van der Waals surface area contributed by atoms with Crippen LogP contribution in [0.2, 0.25) is 0 Å². The number of rotatable bonds is 7. The fourth-order valence-corrected chi connectivity index (χ4v) is 2.90. The van der Waals surface area contributed by atoms with Gasteiger partial charge in [-0.3, -0.25) is 4.90 Å². The molecule has 4 nitrogen and oxygen atoms in total. The number of likely N-dealkylation sites (tertiary alicyclic amines) is 1. The molecule has 1 aliphatic rings. The SMILES string of the molecule is CCOc1ccc(CN2CCCC(CO)C2)cc1OCC. The molecule has 118 valence electrons. The van der Waals surface area contributed by atoms with Gasteiger partial charge < -0.3 is 14.6 Å². The molecule has 1 N–H and O–H groups in total. The lowest BCUT2D eigenvalue weighted by Crippen LogP contribution is -2.36. The van der Waals surface area contributed by atoms with E-state index in [1.54, 1.807) is 0 Å². The Morgan fingerprint density at radius 3 is 2.67 bits per heavy atom. The molecule has 0 amide bonds. The highest BCUT2D eigenvalue weighted by atomic mass is 16.5. The van der Waals surface area contributed by atoms with Crippen molar-refractivity contribution in [2.75, 3.05) is 32.9 Å². The maximum absolute atomic E-state index is 9.32. The fraction of sp³-hybridized carbons (Fsp3) is 0.647. The topological polar surface area (TPSA) is 41.9 Å². The van der Waals surface area contributed by atoms with Crippen LogP contribution in [-0.4, -0.2) is 42.9 Å². The fourth-order valence-electron chi connectivity index (χ4n) is 2.90. The number of aliphatic hydroxyl groups is 1. The number of hydrogen-bond acceptors (Lipinski definition) is 4. The average molecular weight is 293 g/mol. The quantitative estimate of drug-likeness (QED) is 0.839. The van der Waals surface area contributed by atoms with E-state index in [2.05, 4.69) is 17.0 Å². The average Bonchev–Trinajstić information content (AvgIpc) is 2.50. The van der Waals surface area contributed by atoms with Crippen LogP contribution in [0, 0.1) is 5.92 Å². The van der Waals surface area contributed by atoms with E-state index < -0.39 is 0 Å². The van der Waals surface area contributed by atoms with Crippen LogP contribution < -0.4 is 9.47 Å². The molecule has 0 spiro atoms. The molecule has 1 unspecified atom stereocenters. The van der Waals surface area contributed by atoms with Crippen molar-refractivity contribution < 1.29 is 14.6 Å². The Kier molecular flexibility index (Phi) is 6.33. The zero-order valence-corrected chi connectivity index (χ0v) is 13.2. The Hall–Kier alpha value is -1.26. The second-order valence-corrected chi connectivity index (χ2v) is 5.57. The molecular weight excluding hydrogens is 266 g/mol. The van der Waals surface area contributed by atoms with Gasteiger partial charge in [-0.2, -0.15) is 0 Å². The van der Waals surface area contributed by atoms with E-state index in [9.17, 15) is 5.11 Å². The summed E-state index contributed by atoms with van der Waals surface area (Å²) in [5, 5.41) is 9.32. The highest BCUT2D eigenvalue weighted by molar-refractivity contribution is 5.43. The molecular formula is C17H27NO3. The maximum atomic E-state index is 9.32. The smallest absolute Gasteiger partial charge is 0.161 e. The van der Waals surface area contributed by atoms with Crippen LogP contribution in [0.4, 0.5) is 0 Å². The molecule has 0 radical (unpaired) electrons. The Morgan fingerprint density at radius 1 is 1.19 bits per heavy atom. The van der Waals surface area contributed by atoms with Crippen LogP contribution in [-0.2, 0) is 6.54 Å². The highest BCUT2D eigenvalue weighted by Gasteiger charge is 2.19. The summed E-state index contributed by atoms with van der Waals surface area (Å²) in [5.74, 6) is 2.07. The highest BCUT2D eigenvalue weighted by Crippen LogP contribution is 2.29. The Bertz CT molecular complexity index is 436. The number of piperidine rings is 1. The molecule has 2 rings (SSSR count). The molecule has 1 aromatic carbocycles. The van der Waals surface area contributed by atoms with Gasteiger partial charge in [0, 0.05) is 19.7 Å². The standard InChI is InChI=1S/C17H27NO3/c1-3-20-16-8-7-14(10-17(16)21-4-2)11-18-9-5-6-15(12-18)13-19/h7-8,10,15,19H,3-6,9,11-13H2,1-2H3. The maximum Gasteiger partial charge on any atom is 0.161 e. The Morgan fingerprint density at radius 2 is 1.95 bits per heavy atom. The number of aliphatic hydroxyl groups excluding tert-OH is 1. The van der Waals surface area contributed by atoms with Gasteiger partial charge >= 0.3 is 0 Å². The largest absolute Gasteiger partial charge is 0.490 e. The summed E-state index contributed by atoms with van der Waals surface area (Å²) in [6, 6.07) is 6.18. The zero-order chi connectivity index (χ0) is 15.1. The first kappa shape index (κ1) is 16.1. The lowest BCUT2D eigenvalue weighted by molar-refractivity contribution is 0.116. The molecule has 21 heavy (non-hydrogen) atoms. The van der Waals surface area contributed by atoms with E-state index in [0.29, 0.717) is 25.7 Å². The molecule has 0 aromatic heterocycles. The van der Waals surface area contributed by atoms with Crippen LogP contribution in [0.25, 0.3) is 0 Å². The summed E-state index contributed by atoms with van der Waals surface area (Å²) in [6.45, 7) is 8.53. The second kappa shape index (κ2) is 8.25. The van der Waals surface area contributed by atoms with Gasteiger partial charge in [-0.1, -0.05) is 6.07 Å². The van der Waals surface area contributed by atoms with E-state index in [0.717, 1.165) is 37.6 Å². The van der Waals surface area contributed by atoms with Gasteiger partial charge in [-0.15, -0.1) is 0 Å². The number of benzene rings is 1. The van der Waals surface area contributed by atoms with E-state index >= 15 is 0 Å². The van der Waals surface area contributed by atoms with E-state index in [4.69, 9.17) is 9.47 Å². The number of hydrogen-bond donors (Lipinski definition) is 1. The van der Waals surface area contributed by atoms with Crippen molar-refractivity contribution in [2.24, 2.45) is 5.92 Å². The van der Waals surface area contributed by atoms with E-state index in [1.165, 1.54) is 12.0 Å². The van der Waals surface area contributed by atoms with Crippen LogP contribution in [0.1, 0.15) is 32.3 Å². The van der Waals surface area contributed by atoms with Crippen molar-refractivity contribution in [3.05, 3.63) is 23.8 Å². The minimum atomic E-state index is 0.296. The Balaban J connectivity index is 2.03. The van der Waals surface area contributed by atoms with Crippen molar-refractivity contribution in [3.63, 3.8) is 0 Å². The molecule has 1 atom stereocenters. The second-order valence-electron chi connectivity index (χ2n) is 5.57. The normalized spacial score (nSPS) is 19.5. The van der Waals surface area contributed by atoms with Crippen molar-refractivity contribution >= 4 is 0 Å². The molecule has 1 aromatic rings. The molecule has 0 saturated carbocycles. The summed E-state index contributed by atoms with van der Waals surface area (Å²) in [7, 11) is 0. The molecule has 0 aliphatic carbocycles. The predicted octanol–water partition coefficient (Wildman–Crippen LogP) is 2.69. The third-order valence-corrected chi connectivity index (χ3v) is 3.88. The van der Waals surface area contributed by atoms with E-state index in [-0.39, 0.29) is 0 Å². The first-order chi connectivity index (χ1) is 10.3. The summed E-state index contributed by atoms with van der Waals surface area (Å²) in [6.07, 6.45) is 2.31. The first-order valence-electron chi connectivity index (χ1n) is 7.98. The van der Waals surface area contributed by atoms with Gasteiger partial charge in [-0.05, 0) is 56.8 Å². The van der Waals surface area contributed by atoms with Crippen molar-refractivity contribution in [3.8, 4) is 11.5 Å². The molecule has 4 heteroatoms. The van der Waals surface area contributed by atoms with Gasteiger partial charge in [-0.25, -0.2) is 0 Å². The zero-order valence-electron chi connectivity index (χ0n) is 13.2. The lowest BCUT2D eigenvalue weighted by atomic mass is 9.98. The van der Waals surface area contributed by atoms with Crippen molar-refractivity contribution in [2.45, 2.75) is 33.2 Å². The van der Waals surface area contributed by atoms with Gasteiger partial charge in [0.1, 0.15) is 0 Å². The van der Waals surface area contributed by atoms with Gasteiger partial charge in [0.2, 0.25) is 0 Å². The van der Waals surface area contributed by atoms with Crippen LogP contribution in [0.3, 0.4) is 0 Å². The summed E-state index contributed by atoms with van der Waals surface area (Å²) < 4.78 is 11.3. The summed E-state index contributed by atoms with van der Waals surface area (Å²) >= 11 is 0. The third kappa shape index (κ3) is 4.61. The number of nitrogens with zero attached hydrogens (tertiary/aromatic N) is 1. The molecule has 1 saturated heterocycles. The number of ether oxygens (including phenoxy) is 2. The van der Waals surface area contributed by atoms with Crippen molar-refractivity contribution in [1.82, 2.24) is 4.90 Å². The van der Waals surface area contributed by atoms with Gasteiger partial charge in [0.25, 0.3) is 0 Å². The van der Waals surface area contributed by atoms with Gasteiger partial charge in [0.15, 0.2) is 11.5 Å². The lowest BCUT2D eigenvalue weighted by Gasteiger charge is -2.31. The molecule has 0 bridgehead atoms. The first-order valence-corrected chi connectivity index (χ1v) is 7.98. The van der Waals surface area contributed by atoms with Crippen LogP contribution >= 0.6 is 0 Å². The molecule has 1 aliphatic heterocycles. The van der Waals surface area contributed by atoms with Crippen LogP contribution in [0.5, 0.6) is 11.5 Å². The molecule has 1 fully saturated rings. The van der Waals surface area contributed by atoms with Crippen LogP contribution in [0.15, 0.2) is 18.2 Å². The molecule has 1 heterocycles. The van der Waals surface area contributed by atoms with E-state index in [1.807, 2.05) is 19.9 Å². The Labute approximate surface area is 127 Å². The third-order valence-electron chi connectivity index (χ3n) is 3.88. The summed E-state index contributed by atoms with van der Waals surface area (Å²) in [4.78, 5) is 2.41. The minimum absolute atomic E-state index is 0.296. The minimum Gasteiger partial charge on any atom is -0.490 e. The monoisotopic (exact) mass is 293 g/mol.